The van der Waals surface area contributed by atoms with Crippen LogP contribution in [0.1, 0.15) is 9.67 Å². The number of thiophene rings is 1. The Hall–Kier alpha value is -2.98. The second kappa shape index (κ2) is 6.57. The Balaban J connectivity index is 1.70. The van der Waals surface area contributed by atoms with Gasteiger partial charge in [-0.15, -0.1) is 11.3 Å². The fourth-order valence-corrected chi connectivity index (χ4v) is 4.45. The summed E-state index contributed by atoms with van der Waals surface area (Å²) in [6, 6.07) is 8.25. The van der Waals surface area contributed by atoms with E-state index in [0.29, 0.717) is 28.0 Å². The fraction of sp³-hybridized carbons (Fsp3) is 0.167. The van der Waals surface area contributed by atoms with Crippen molar-refractivity contribution in [3.05, 3.63) is 46.8 Å². The van der Waals surface area contributed by atoms with E-state index >= 15 is 0 Å². The quantitative estimate of drug-likeness (QED) is 0.702. The predicted octanol–water partition coefficient (Wildman–Crippen LogP) is 3.04. The largest absolute Gasteiger partial charge is 0.326 e. The fourth-order valence-electron chi connectivity index (χ4n) is 2.93. The molecule has 1 aliphatic heterocycles. The second-order valence-corrected chi connectivity index (χ2v) is 9.31. The molecule has 0 saturated heterocycles. The number of anilines is 5. The summed E-state index contributed by atoms with van der Waals surface area (Å²) in [6.07, 6.45) is 2.76. The number of hydrogen-bond acceptors (Lipinski definition) is 8. The monoisotopic (exact) mass is 415 g/mol. The molecule has 8 nitrogen and oxygen atoms in total. The molecule has 0 radical (unpaired) electrons. The molecule has 0 saturated carbocycles. The van der Waals surface area contributed by atoms with Crippen LogP contribution in [0.5, 0.6) is 0 Å². The summed E-state index contributed by atoms with van der Waals surface area (Å²) in [5, 5.41) is 4.95. The lowest BCUT2D eigenvalue weighted by atomic mass is 10.3. The first-order chi connectivity index (χ1) is 13.3. The number of nitrogens with zero attached hydrogens (tertiary/aromatic N) is 4. The third-order valence-electron chi connectivity index (χ3n) is 4.47. The molecule has 0 unspecified atom stereocenters. The molecule has 1 aliphatic rings. The van der Waals surface area contributed by atoms with Gasteiger partial charge in [-0.3, -0.25) is 4.79 Å². The lowest BCUT2D eigenvalue weighted by Gasteiger charge is -2.20. The van der Waals surface area contributed by atoms with Crippen molar-refractivity contribution in [2.45, 2.75) is 4.90 Å². The molecule has 3 heterocycles. The van der Waals surface area contributed by atoms with E-state index in [-0.39, 0.29) is 10.8 Å². The molecule has 0 bridgehead atoms. The van der Waals surface area contributed by atoms with Crippen molar-refractivity contribution in [1.29, 1.82) is 0 Å². The van der Waals surface area contributed by atoms with Crippen LogP contribution in [0, 0.1) is 0 Å². The van der Waals surface area contributed by atoms with E-state index in [2.05, 4.69) is 15.3 Å². The van der Waals surface area contributed by atoms with Crippen LogP contribution >= 0.6 is 11.3 Å². The minimum atomic E-state index is -3.25. The summed E-state index contributed by atoms with van der Waals surface area (Å²) in [5.74, 6) is 0.840. The number of benzene rings is 1. The Morgan fingerprint density at radius 2 is 1.75 bits per heavy atom. The third kappa shape index (κ3) is 3.10. The standard InChI is InChI=1S/C18H17N5O3S2/c1-22-13-8-9-27-15(13)17(24)23(2)14-10-19-18(21-16(14)22)20-11-4-6-12(7-5-11)28(3,25)26/h4-10H,1-3H3,(H,19,20,21). The maximum absolute atomic E-state index is 12.7. The molecule has 10 heteroatoms. The number of sulfone groups is 1. The van der Waals surface area contributed by atoms with Gasteiger partial charge in [0.1, 0.15) is 10.6 Å². The molecule has 4 rings (SSSR count). The zero-order valence-corrected chi connectivity index (χ0v) is 17.0. The molecule has 28 heavy (non-hydrogen) atoms. The topological polar surface area (TPSA) is 95.5 Å². The van der Waals surface area contributed by atoms with Crippen LogP contribution in [-0.2, 0) is 9.84 Å². The molecular formula is C18H17N5O3S2. The van der Waals surface area contributed by atoms with Gasteiger partial charge in [0.2, 0.25) is 5.95 Å². The lowest BCUT2D eigenvalue weighted by molar-refractivity contribution is 0.0998. The van der Waals surface area contributed by atoms with Crippen molar-refractivity contribution in [1.82, 2.24) is 9.97 Å². The Bertz CT molecular complexity index is 1170. The van der Waals surface area contributed by atoms with Crippen LogP contribution in [-0.4, -0.2) is 44.6 Å². The maximum atomic E-state index is 12.7. The number of aromatic nitrogens is 2. The van der Waals surface area contributed by atoms with Gasteiger partial charge in [0, 0.05) is 26.0 Å². The van der Waals surface area contributed by atoms with Crippen molar-refractivity contribution in [3.8, 4) is 0 Å². The van der Waals surface area contributed by atoms with E-state index in [9.17, 15) is 13.2 Å². The summed E-state index contributed by atoms with van der Waals surface area (Å²) in [5.41, 5.74) is 2.06. The number of hydrogen-bond donors (Lipinski definition) is 1. The van der Waals surface area contributed by atoms with Gasteiger partial charge in [-0.1, -0.05) is 0 Å². The lowest BCUT2D eigenvalue weighted by Crippen LogP contribution is -2.25. The number of carbonyl (C=O) groups is 1. The molecule has 2 aromatic heterocycles. The zero-order chi connectivity index (χ0) is 20.1. The van der Waals surface area contributed by atoms with Crippen LogP contribution in [0.4, 0.5) is 28.8 Å². The van der Waals surface area contributed by atoms with E-state index < -0.39 is 9.84 Å². The number of nitrogens with one attached hydrogen (secondary N) is 1. The third-order valence-corrected chi connectivity index (χ3v) is 6.49. The molecule has 0 aliphatic carbocycles. The van der Waals surface area contributed by atoms with Crippen LogP contribution in [0.15, 0.2) is 46.8 Å². The smallest absolute Gasteiger partial charge is 0.270 e. The Morgan fingerprint density at radius 3 is 2.43 bits per heavy atom. The average molecular weight is 416 g/mol. The van der Waals surface area contributed by atoms with Crippen molar-refractivity contribution in [2.75, 3.05) is 35.5 Å². The van der Waals surface area contributed by atoms with E-state index in [0.717, 1.165) is 11.9 Å². The molecule has 0 fully saturated rings. The van der Waals surface area contributed by atoms with Gasteiger partial charge < -0.3 is 15.1 Å². The molecule has 1 N–H and O–H groups in total. The average Bonchev–Trinajstić information content (AvgIpc) is 3.13. The van der Waals surface area contributed by atoms with E-state index in [4.69, 9.17) is 0 Å². The minimum Gasteiger partial charge on any atom is -0.326 e. The van der Waals surface area contributed by atoms with Gasteiger partial charge in [0.25, 0.3) is 5.91 Å². The first-order valence-corrected chi connectivity index (χ1v) is 11.1. The zero-order valence-electron chi connectivity index (χ0n) is 15.4. The van der Waals surface area contributed by atoms with E-state index in [1.807, 2.05) is 23.4 Å². The number of amides is 1. The predicted molar refractivity (Wildman–Crippen MR) is 110 cm³/mol. The van der Waals surface area contributed by atoms with Gasteiger partial charge in [0.05, 0.1) is 16.8 Å². The first-order valence-electron chi connectivity index (χ1n) is 8.29. The Labute approximate surface area is 166 Å². The first kappa shape index (κ1) is 18.4. The summed E-state index contributed by atoms with van der Waals surface area (Å²) in [4.78, 5) is 25.9. The van der Waals surface area contributed by atoms with Crippen LogP contribution in [0.25, 0.3) is 0 Å². The van der Waals surface area contributed by atoms with Crippen LogP contribution in [0.3, 0.4) is 0 Å². The molecule has 3 aromatic rings. The summed E-state index contributed by atoms with van der Waals surface area (Å²) < 4.78 is 23.2. The highest BCUT2D eigenvalue weighted by molar-refractivity contribution is 7.90. The Morgan fingerprint density at radius 1 is 1.04 bits per heavy atom. The number of carbonyl (C=O) groups excluding carboxylic acids is 1. The molecule has 144 valence electrons. The second-order valence-electron chi connectivity index (χ2n) is 6.38. The number of fused-ring (bicyclic) bond motifs is 2. The van der Waals surface area contributed by atoms with Crippen molar-refractivity contribution in [2.24, 2.45) is 0 Å². The van der Waals surface area contributed by atoms with Crippen LogP contribution in [0.2, 0.25) is 0 Å². The van der Waals surface area contributed by atoms with Gasteiger partial charge in [-0.25, -0.2) is 13.4 Å². The molecular weight excluding hydrogens is 398 g/mol. The van der Waals surface area contributed by atoms with Gasteiger partial charge in [0.15, 0.2) is 15.7 Å². The highest BCUT2D eigenvalue weighted by atomic mass is 32.2. The highest BCUT2D eigenvalue weighted by Crippen LogP contribution is 2.40. The van der Waals surface area contributed by atoms with Crippen LogP contribution < -0.4 is 15.1 Å². The van der Waals surface area contributed by atoms with E-state index in [1.54, 1.807) is 30.3 Å². The summed E-state index contributed by atoms with van der Waals surface area (Å²) in [6.45, 7) is 0. The molecule has 1 amide bonds. The molecule has 0 atom stereocenters. The SMILES string of the molecule is CN1C(=O)c2sccc2N(C)c2nc(Nc3ccc(S(C)(=O)=O)cc3)ncc21. The summed E-state index contributed by atoms with van der Waals surface area (Å²) in [7, 11) is 0.302. The minimum absolute atomic E-state index is 0.101. The Kier molecular flexibility index (Phi) is 4.31. The normalized spacial score (nSPS) is 13.8. The van der Waals surface area contributed by atoms with E-state index in [1.165, 1.54) is 23.5 Å². The summed E-state index contributed by atoms with van der Waals surface area (Å²) >= 11 is 1.39. The van der Waals surface area contributed by atoms with Crippen molar-refractivity contribution < 1.29 is 13.2 Å². The van der Waals surface area contributed by atoms with Crippen molar-refractivity contribution in [3.63, 3.8) is 0 Å². The molecule has 0 spiro atoms. The van der Waals surface area contributed by atoms with Crippen molar-refractivity contribution >= 4 is 55.9 Å². The molecule has 1 aromatic carbocycles. The van der Waals surface area contributed by atoms with Gasteiger partial charge >= 0.3 is 0 Å². The highest BCUT2D eigenvalue weighted by Gasteiger charge is 2.30. The maximum Gasteiger partial charge on any atom is 0.270 e. The van der Waals surface area contributed by atoms with Gasteiger partial charge in [-0.05, 0) is 35.7 Å². The number of rotatable bonds is 3. The van der Waals surface area contributed by atoms with Gasteiger partial charge in [-0.2, -0.15) is 4.98 Å².